The Morgan fingerprint density at radius 2 is 1.39 bits per heavy atom. The summed E-state index contributed by atoms with van der Waals surface area (Å²) in [6.07, 6.45) is 0.364. The van der Waals surface area contributed by atoms with Gasteiger partial charge in [0, 0.05) is 33.0 Å². The topological polar surface area (TPSA) is 169 Å². The highest BCUT2D eigenvalue weighted by Crippen LogP contribution is 2.35. The fourth-order valence-electron chi connectivity index (χ4n) is 8.50. The third-order valence-corrected chi connectivity index (χ3v) is 13.5. The molecule has 15 heteroatoms. The maximum absolute atomic E-state index is 14.0. The zero-order valence-corrected chi connectivity index (χ0v) is 43.4. The van der Waals surface area contributed by atoms with Gasteiger partial charge in [-0.25, -0.2) is 4.98 Å². The Balaban J connectivity index is 0.821. The maximum atomic E-state index is 14.0. The number of hydrogen-bond acceptors (Lipinski definition) is 11. The van der Waals surface area contributed by atoms with Gasteiger partial charge in [0.05, 0.1) is 74.8 Å². The number of allylic oxidation sites excluding steroid dienone is 1. The molecule has 72 heavy (non-hydrogen) atoms. The fraction of sp³-hybridized carbons (Fsp3) is 0.421. The molecule has 3 atom stereocenters. The number of nitrogens with one attached hydrogen (secondary N) is 2. The number of likely N-dealkylation sites (N-methyl/N-ethyl adjacent to an activating group) is 1. The van der Waals surface area contributed by atoms with Crippen molar-refractivity contribution in [3.63, 3.8) is 0 Å². The first kappa shape index (κ1) is 55.1. The maximum Gasteiger partial charge on any atom is 0.246 e. The third-order valence-electron chi connectivity index (χ3n) is 12.5. The Hall–Kier alpha value is -6.23. The molecule has 3 N–H and O–H groups in total. The second-order valence-corrected chi connectivity index (χ2v) is 19.8. The average molecular weight is 1000 g/mol. The largest absolute Gasteiger partial charge is 0.492 e. The standard InChI is InChI=1S/C57H71N5O9S/c1-7-48(42-14-10-8-11-15-42)52(43-16-12-9-13-17-43)44-22-24-47(25-23-44)71-31-28-61(6)51(65)27-30-69-33-35-70-34-32-68-29-26-50(64)60-54(57(3,4)5)56(67)62-38-46(63)36-49(62)55(66)58-37-41-18-20-45(21-19-41)53-40(2)59-39-72-53/h8-25,39,46,49,54,63H,7,26-38H2,1-6H3,(H,58,66)(H,60,64)/b52-48-/t46-,49+,54-/m1/s1. The normalized spacial score (nSPS) is 15.4. The highest BCUT2D eigenvalue weighted by Gasteiger charge is 2.44. The summed E-state index contributed by atoms with van der Waals surface area (Å²) in [5, 5.41) is 16.3. The van der Waals surface area contributed by atoms with Crippen LogP contribution < -0.4 is 15.4 Å². The summed E-state index contributed by atoms with van der Waals surface area (Å²) in [6.45, 7) is 12.3. The van der Waals surface area contributed by atoms with Crippen LogP contribution in [-0.4, -0.2) is 128 Å². The van der Waals surface area contributed by atoms with E-state index in [4.69, 9.17) is 18.9 Å². The molecule has 1 aromatic heterocycles. The summed E-state index contributed by atoms with van der Waals surface area (Å²) in [5.74, 6) is -0.476. The van der Waals surface area contributed by atoms with Gasteiger partial charge in [-0.1, -0.05) is 125 Å². The van der Waals surface area contributed by atoms with Crippen molar-refractivity contribution in [3.05, 3.63) is 143 Å². The van der Waals surface area contributed by atoms with E-state index >= 15 is 0 Å². The molecule has 384 valence electrons. The number of hydrogen-bond donors (Lipinski definition) is 3. The summed E-state index contributed by atoms with van der Waals surface area (Å²) in [7, 11) is 1.75. The quantitative estimate of drug-likeness (QED) is 0.0365. The number of amides is 4. The minimum absolute atomic E-state index is 0.00906. The molecule has 4 amide bonds. The fourth-order valence-corrected chi connectivity index (χ4v) is 9.31. The number of carbonyl (C=O) groups excluding carboxylic acids is 4. The minimum atomic E-state index is -0.937. The van der Waals surface area contributed by atoms with Crippen molar-refractivity contribution < 1.29 is 43.2 Å². The van der Waals surface area contributed by atoms with Crippen LogP contribution in [0.15, 0.2) is 115 Å². The monoisotopic (exact) mass is 1000 g/mol. The van der Waals surface area contributed by atoms with E-state index in [0.29, 0.717) is 26.4 Å². The SMILES string of the molecule is CC/C(=C(\c1ccccc1)c1ccc(OCCN(C)C(=O)CCOCCOCCOCCC(=O)N[C@H](C(=O)N2C[C@H](O)C[C@H]2C(=O)NCc2ccc(-c3scnc3C)cc2)C(C)(C)C)cc1)c1ccccc1. The number of nitrogens with zero attached hydrogens (tertiary/aromatic N) is 3. The molecule has 1 aliphatic rings. The van der Waals surface area contributed by atoms with Crippen LogP contribution in [0.3, 0.4) is 0 Å². The van der Waals surface area contributed by atoms with Gasteiger partial charge < -0.3 is 44.5 Å². The number of rotatable bonds is 26. The molecule has 0 saturated carbocycles. The Bertz CT molecular complexity index is 2530. The van der Waals surface area contributed by atoms with E-state index in [1.54, 1.807) is 23.3 Å². The Labute approximate surface area is 428 Å². The van der Waals surface area contributed by atoms with Gasteiger partial charge in [-0.3, -0.25) is 19.2 Å². The van der Waals surface area contributed by atoms with Crippen molar-refractivity contribution in [2.75, 3.05) is 66.4 Å². The predicted octanol–water partition coefficient (Wildman–Crippen LogP) is 7.96. The van der Waals surface area contributed by atoms with Crippen LogP contribution in [-0.2, 0) is 39.9 Å². The molecule has 14 nitrogen and oxygen atoms in total. The van der Waals surface area contributed by atoms with E-state index in [0.717, 1.165) is 45.0 Å². The van der Waals surface area contributed by atoms with Crippen LogP contribution in [0.4, 0.5) is 0 Å². The molecule has 1 saturated heterocycles. The van der Waals surface area contributed by atoms with Gasteiger partial charge in [0.15, 0.2) is 0 Å². The number of β-amino-alcohol motifs (C(OH)–C–C–N with tert-alkyl or cyclic N) is 1. The van der Waals surface area contributed by atoms with Gasteiger partial charge in [-0.15, -0.1) is 11.3 Å². The van der Waals surface area contributed by atoms with Crippen LogP contribution in [0.25, 0.3) is 21.6 Å². The van der Waals surface area contributed by atoms with Crippen LogP contribution in [0, 0.1) is 12.3 Å². The number of carbonyl (C=O) groups is 4. The lowest BCUT2D eigenvalue weighted by Crippen LogP contribution is -2.57. The van der Waals surface area contributed by atoms with Crippen molar-refractivity contribution >= 4 is 46.1 Å². The van der Waals surface area contributed by atoms with Gasteiger partial charge in [-0.05, 0) is 69.9 Å². The molecule has 0 bridgehead atoms. The second kappa shape index (κ2) is 27.6. The Morgan fingerprint density at radius 3 is 1.99 bits per heavy atom. The van der Waals surface area contributed by atoms with E-state index in [-0.39, 0.29) is 76.5 Å². The predicted molar refractivity (Wildman–Crippen MR) is 282 cm³/mol. The molecule has 5 aromatic rings. The lowest BCUT2D eigenvalue weighted by Gasteiger charge is -2.35. The average Bonchev–Trinajstić information content (AvgIpc) is 4.00. The zero-order chi connectivity index (χ0) is 51.5. The van der Waals surface area contributed by atoms with Gasteiger partial charge in [0.2, 0.25) is 23.6 Å². The van der Waals surface area contributed by atoms with Crippen LogP contribution >= 0.6 is 11.3 Å². The molecular formula is C57H71N5O9S. The highest BCUT2D eigenvalue weighted by molar-refractivity contribution is 7.13. The van der Waals surface area contributed by atoms with Crippen LogP contribution in [0.1, 0.15) is 81.3 Å². The van der Waals surface area contributed by atoms with Crippen molar-refractivity contribution in [2.45, 2.75) is 85.0 Å². The number of benzene rings is 4. The first-order valence-electron chi connectivity index (χ1n) is 24.8. The lowest BCUT2D eigenvalue weighted by atomic mass is 9.85. The number of aliphatic hydroxyl groups excluding tert-OH is 1. The number of aryl methyl sites for hydroxylation is 1. The summed E-state index contributed by atoms with van der Waals surface area (Å²) in [4.78, 5) is 61.6. The molecule has 2 heterocycles. The van der Waals surface area contributed by atoms with E-state index in [1.165, 1.54) is 21.6 Å². The third kappa shape index (κ3) is 16.1. The molecule has 1 fully saturated rings. The smallest absolute Gasteiger partial charge is 0.246 e. The molecule has 1 aliphatic heterocycles. The number of aromatic nitrogens is 1. The summed E-state index contributed by atoms with van der Waals surface area (Å²) in [6, 6.07) is 35.1. The number of thiazole rings is 1. The zero-order valence-electron chi connectivity index (χ0n) is 42.6. The number of ether oxygens (including phenoxy) is 4. The van der Waals surface area contributed by atoms with E-state index in [1.807, 2.05) is 81.7 Å². The number of likely N-dealkylation sites (tertiary alicyclic amines) is 1. The molecule has 0 aliphatic carbocycles. The second-order valence-electron chi connectivity index (χ2n) is 18.9. The first-order chi connectivity index (χ1) is 34.7. The molecule has 6 rings (SSSR count). The van der Waals surface area contributed by atoms with Crippen LogP contribution in [0.5, 0.6) is 5.75 Å². The van der Waals surface area contributed by atoms with Gasteiger partial charge in [-0.2, -0.15) is 0 Å². The minimum Gasteiger partial charge on any atom is -0.492 e. The van der Waals surface area contributed by atoms with E-state index < -0.39 is 29.5 Å². The molecule has 0 spiro atoms. The Kier molecular flexibility index (Phi) is 21.1. The highest BCUT2D eigenvalue weighted by atomic mass is 32.1. The first-order valence-corrected chi connectivity index (χ1v) is 25.7. The van der Waals surface area contributed by atoms with E-state index in [2.05, 4.69) is 83.2 Å². The molecule has 0 radical (unpaired) electrons. The van der Waals surface area contributed by atoms with E-state index in [9.17, 15) is 24.3 Å². The van der Waals surface area contributed by atoms with Gasteiger partial charge in [0.1, 0.15) is 24.4 Å². The summed E-state index contributed by atoms with van der Waals surface area (Å²) >= 11 is 1.57. The Morgan fingerprint density at radius 1 is 0.792 bits per heavy atom. The molecular weight excluding hydrogens is 931 g/mol. The lowest BCUT2D eigenvalue weighted by molar-refractivity contribution is -0.144. The van der Waals surface area contributed by atoms with Crippen molar-refractivity contribution in [1.29, 1.82) is 0 Å². The molecule has 0 unspecified atom stereocenters. The van der Waals surface area contributed by atoms with Crippen molar-refractivity contribution in [2.24, 2.45) is 5.41 Å². The van der Waals surface area contributed by atoms with Gasteiger partial charge >= 0.3 is 0 Å². The van der Waals surface area contributed by atoms with Crippen LogP contribution in [0.2, 0.25) is 0 Å². The molecule has 4 aromatic carbocycles. The summed E-state index contributed by atoms with van der Waals surface area (Å²) in [5.41, 5.74) is 9.98. The number of aliphatic hydroxyl groups is 1. The summed E-state index contributed by atoms with van der Waals surface area (Å²) < 4.78 is 22.9. The van der Waals surface area contributed by atoms with Gasteiger partial charge in [0.25, 0.3) is 0 Å². The van der Waals surface area contributed by atoms with Crippen molar-refractivity contribution in [3.8, 4) is 16.2 Å². The van der Waals surface area contributed by atoms with Crippen molar-refractivity contribution in [1.82, 2.24) is 25.4 Å².